The van der Waals surface area contributed by atoms with Gasteiger partial charge < -0.3 is 15.2 Å². The number of amides is 2. The van der Waals surface area contributed by atoms with Crippen LogP contribution in [0, 0.1) is 0 Å². The van der Waals surface area contributed by atoms with Gasteiger partial charge >= 0.3 is 12.4 Å². The van der Waals surface area contributed by atoms with Crippen molar-refractivity contribution in [3.63, 3.8) is 0 Å². The molecule has 0 spiro atoms. The predicted octanol–water partition coefficient (Wildman–Crippen LogP) is 5.65. The third-order valence-corrected chi connectivity index (χ3v) is 5.98. The highest BCUT2D eigenvalue weighted by Crippen LogP contribution is 2.36. The predicted molar refractivity (Wildman–Crippen MR) is 119 cm³/mol. The highest BCUT2D eigenvalue weighted by atomic mass is 35.5. The minimum absolute atomic E-state index is 0.0468. The highest BCUT2D eigenvalue weighted by molar-refractivity contribution is 6.34. The number of carbonyl (C=O) groups is 2. The molecule has 2 aromatic carbocycles. The number of hydrogen-bond acceptors (Lipinski definition) is 3. The molecule has 1 aliphatic carbocycles. The number of alkyl halides is 6. The Morgan fingerprint density at radius 1 is 1.11 bits per heavy atom. The fourth-order valence-electron chi connectivity index (χ4n) is 3.75. The summed E-state index contributed by atoms with van der Waals surface area (Å²) < 4.78 is 81.9. The molecule has 1 aliphatic rings. The van der Waals surface area contributed by atoms with E-state index in [9.17, 15) is 35.9 Å². The van der Waals surface area contributed by atoms with Crippen LogP contribution < -0.4 is 10.6 Å². The standard InChI is InChI=1S/C23H19ClF6N4O2/c1-2-34-17-9-14(20(35)31-13-6-7-13)15(24)10-16(17)32-19(34)21(36)33-18(23(28,29)30)11-4-3-5-12(8-11)22(25,26)27/h3-5,8-10,13,18H,2,6-7H2,1H3,(H,31,35)(H,33,36). The zero-order valence-electron chi connectivity index (χ0n) is 18.6. The molecule has 13 heteroatoms. The van der Waals surface area contributed by atoms with E-state index in [0.29, 0.717) is 12.1 Å². The van der Waals surface area contributed by atoms with Crippen LogP contribution in [0.15, 0.2) is 36.4 Å². The molecule has 6 nitrogen and oxygen atoms in total. The number of halogens is 7. The highest BCUT2D eigenvalue weighted by Gasteiger charge is 2.43. The summed E-state index contributed by atoms with van der Waals surface area (Å²) in [6, 6.07) is 2.72. The molecular formula is C23H19ClF6N4O2. The van der Waals surface area contributed by atoms with Crippen molar-refractivity contribution < 1.29 is 35.9 Å². The molecule has 1 heterocycles. The van der Waals surface area contributed by atoms with E-state index in [4.69, 9.17) is 11.6 Å². The van der Waals surface area contributed by atoms with Crippen molar-refractivity contribution in [3.05, 3.63) is 63.9 Å². The molecule has 1 saturated carbocycles. The van der Waals surface area contributed by atoms with Gasteiger partial charge in [-0.15, -0.1) is 0 Å². The Morgan fingerprint density at radius 2 is 1.81 bits per heavy atom. The molecular weight excluding hydrogens is 514 g/mol. The lowest BCUT2D eigenvalue weighted by Gasteiger charge is -2.23. The van der Waals surface area contributed by atoms with Crippen LogP contribution in [0.25, 0.3) is 11.0 Å². The van der Waals surface area contributed by atoms with E-state index in [1.165, 1.54) is 16.7 Å². The SMILES string of the molecule is CCn1c(C(=O)NC(c2cccc(C(F)(F)F)c2)C(F)(F)F)nc2cc(Cl)c(C(=O)NC3CC3)cc21. The van der Waals surface area contributed by atoms with Crippen LogP contribution in [0.2, 0.25) is 5.02 Å². The fourth-order valence-corrected chi connectivity index (χ4v) is 3.99. The maximum Gasteiger partial charge on any atom is 0.416 e. The van der Waals surface area contributed by atoms with Crippen LogP contribution in [0.3, 0.4) is 0 Å². The number of nitrogens with one attached hydrogen (secondary N) is 2. The summed E-state index contributed by atoms with van der Waals surface area (Å²) in [5.74, 6) is -2.10. The summed E-state index contributed by atoms with van der Waals surface area (Å²) in [7, 11) is 0. The van der Waals surface area contributed by atoms with Crippen LogP contribution in [0.1, 0.15) is 57.9 Å². The largest absolute Gasteiger partial charge is 0.416 e. The van der Waals surface area contributed by atoms with Crippen molar-refractivity contribution in [2.24, 2.45) is 0 Å². The second kappa shape index (κ2) is 9.30. The number of imidazole rings is 1. The molecule has 4 rings (SSSR count). The number of aryl methyl sites for hydroxylation is 1. The second-order valence-electron chi connectivity index (χ2n) is 8.32. The smallest absolute Gasteiger partial charge is 0.349 e. The van der Waals surface area contributed by atoms with E-state index in [1.54, 1.807) is 12.2 Å². The Morgan fingerprint density at radius 3 is 2.39 bits per heavy atom. The molecule has 1 fully saturated rings. The number of benzene rings is 2. The molecule has 1 atom stereocenters. The van der Waals surface area contributed by atoms with Crippen molar-refractivity contribution in [2.75, 3.05) is 0 Å². The average molecular weight is 533 g/mol. The number of nitrogens with zero attached hydrogens (tertiary/aromatic N) is 2. The van der Waals surface area contributed by atoms with Crippen molar-refractivity contribution in [3.8, 4) is 0 Å². The molecule has 1 aromatic heterocycles. The summed E-state index contributed by atoms with van der Waals surface area (Å²) in [6.07, 6.45) is -8.28. The third-order valence-electron chi connectivity index (χ3n) is 5.66. The van der Waals surface area contributed by atoms with Crippen molar-refractivity contribution in [1.29, 1.82) is 0 Å². The molecule has 0 aliphatic heterocycles. The van der Waals surface area contributed by atoms with Gasteiger partial charge in [0.05, 0.1) is 27.2 Å². The van der Waals surface area contributed by atoms with E-state index >= 15 is 0 Å². The first-order valence-electron chi connectivity index (χ1n) is 10.8. The molecule has 0 saturated heterocycles. The van der Waals surface area contributed by atoms with E-state index in [0.717, 1.165) is 25.0 Å². The maximum atomic E-state index is 13.8. The van der Waals surface area contributed by atoms with Crippen LogP contribution in [0.5, 0.6) is 0 Å². The van der Waals surface area contributed by atoms with E-state index in [2.05, 4.69) is 10.3 Å². The summed E-state index contributed by atoms with van der Waals surface area (Å²) >= 11 is 6.21. The third kappa shape index (κ3) is 5.28. The van der Waals surface area contributed by atoms with E-state index in [1.807, 2.05) is 0 Å². The maximum absolute atomic E-state index is 13.8. The topological polar surface area (TPSA) is 76.0 Å². The van der Waals surface area contributed by atoms with Crippen molar-refractivity contribution in [1.82, 2.24) is 20.2 Å². The Hall–Kier alpha value is -3.28. The Balaban J connectivity index is 1.70. The molecule has 0 radical (unpaired) electrons. The molecule has 2 amide bonds. The lowest BCUT2D eigenvalue weighted by Crippen LogP contribution is -2.39. The van der Waals surface area contributed by atoms with Gasteiger partial charge in [0.15, 0.2) is 11.9 Å². The summed E-state index contributed by atoms with van der Waals surface area (Å²) in [5, 5.41) is 4.59. The van der Waals surface area contributed by atoms with Gasteiger partial charge in [-0.25, -0.2) is 4.98 Å². The Kier molecular flexibility index (Phi) is 6.67. The number of carbonyl (C=O) groups excluding carboxylic acids is 2. The normalized spacial score (nSPS) is 15.1. The number of aromatic nitrogens is 2. The zero-order chi connectivity index (χ0) is 26.4. The van der Waals surface area contributed by atoms with Crippen LogP contribution in [-0.2, 0) is 12.7 Å². The van der Waals surface area contributed by atoms with Gasteiger partial charge in [-0.1, -0.05) is 23.7 Å². The van der Waals surface area contributed by atoms with Gasteiger partial charge in [0.2, 0.25) is 0 Å². The number of fused-ring (bicyclic) bond motifs is 1. The summed E-state index contributed by atoms with van der Waals surface area (Å²) in [6.45, 7) is 1.72. The van der Waals surface area contributed by atoms with Gasteiger partial charge in [-0.05, 0) is 49.6 Å². The number of rotatable bonds is 6. The Labute approximate surface area is 205 Å². The quantitative estimate of drug-likeness (QED) is 0.403. The first kappa shape index (κ1) is 25.8. The first-order valence-corrected chi connectivity index (χ1v) is 11.2. The first-order chi connectivity index (χ1) is 16.8. The number of hydrogen-bond donors (Lipinski definition) is 2. The molecule has 2 N–H and O–H groups in total. The second-order valence-corrected chi connectivity index (χ2v) is 8.73. The van der Waals surface area contributed by atoms with Crippen LogP contribution in [-0.4, -0.2) is 33.6 Å². The minimum atomic E-state index is -5.10. The van der Waals surface area contributed by atoms with E-state index < -0.39 is 47.2 Å². The van der Waals surface area contributed by atoms with Gasteiger partial charge in [0.25, 0.3) is 11.8 Å². The Bertz CT molecular complexity index is 1330. The van der Waals surface area contributed by atoms with Crippen molar-refractivity contribution in [2.45, 2.75) is 50.7 Å². The van der Waals surface area contributed by atoms with Gasteiger partial charge in [0.1, 0.15) is 0 Å². The monoisotopic (exact) mass is 532 g/mol. The van der Waals surface area contributed by atoms with Crippen molar-refractivity contribution >= 4 is 34.4 Å². The van der Waals surface area contributed by atoms with E-state index in [-0.39, 0.29) is 34.2 Å². The zero-order valence-corrected chi connectivity index (χ0v) is 19.4. The lowest BCUT2D eigenvalue weighted by atomic mass is 10.0. The molecule has 3 aromatic rings. The van der Waals surface area contributed by atoms with Gasteiger partial charge in [-0.3, -0.25) is 9.59 Å². The van der Waals surface area contributed by atoms with Gasteiger partial charge in [0, 0.05) is 12.6 Å². The summed E-state index contributed by atoms with van der Waals surface area (Å²) in [4.78, 5) is 29.5. The minimum Gasteiger partial charge on any atom is -0.349 e. The molecule has 36 heavy (non-hydrogen) atoms. The fraction of sp³-hybridized carbons (Fsp3) is 0.348. The molecule has 1 unspecified atom stereocenters. The lowest BCUT2D eigenvalue weighted by molar-refractivity contribution is -0.156. The summed E-state index contributed by atoms with van der Waals surface area (Å²) in [5.41, 5.74) is -1.49. The average Bonchev–Trinajstić information content (AvgIpc) is 3.53. The molecule has 192 valence electrons. The van der Waals surface area contributed by atoms with Crippen LogP contribution >= 0.6 is 11.6 Å². The van der Waals surface area contributed by atoms with Gasteiger partial charge in [-0.2, -0.15) is 26.3 Å². The van der Waals surface area contributed by atoms with Crippen LogP contribution in [0.4, 0.5) is 26.3 Å². The molecule has 0 bridgehead atoms.